The topological polar surface area (TPSA) is 156 Å². The average Bonchev–Trinajstić information content (AvgIpc) is 2.69. The van der Waals surface area contributed by atoms with Crippen LogP contribution in [0.1, 0.15) is 45.6 Å². The largest absolute Gasteiger partial charge is 0.368 e. The molecule has 1 rings (SSSR count). The molecule has 0 aliphatic heterocycles. The van der Waals surface area contributed by atoms with Crippen LogP contribution in [0.3, 0.4) is 0 Å². The van der Waals surface area contributed by atoms with E-state index >= 15 is 0 Å². The van der Waals surface area contributed by atoms with Crippen LogP contribution in [0.2, 0.25) is 0 Å². The molecule has 0 aliphatic rings. The number of hydrogen-bond acceptors (Lipinski definition) is 5. The van der Waals surface area contributed by atoms with Gasteiger partial charge in [0.05, 0.1) is 0 Å². The number of carbonyl (C=O) groups is 4. The fourth-order valence-corrected chi connectivity index (χ4v) is 3.16. The number of hydrogen-bond donors (Lipinski definition) is 5. The Balaban J connectivity index is 2.91. The van der Waals surface area contributed by atoms with E-state index in [0.29, 0.717) is 25.8 Å². The summed E-state index contributed by atoms with van der Waals surface area (Å²) in [6.07, 6.45) is 1.45. The standard InChI is InChI=1S/C22H35N5O4/c1-14(2)12-19(25-15(3)28)22(31)26-17(10-7-11-23)21(30)27-18(20(24)29)13-16-8-5-4-6-9-16/h4-6,8-9,14,17-19H,7,10-13,23H2,1-3H3,(H2,24,29)(H,25,28)(H,26,31)(H,27,30)/t17-,18-,19-/m0/s1. The minimum absolute atomic E-state index is 0.157. The van der Waals surface area contributed by atoms with Gasteiger partial charge in [-0.05, 0) is 37.3 Å². The first-order chi connectivity index (χ1) is 14.6. The summed E-state index contributed by atoms with van der Waals surface area (Å²) in [6, 6.07) is 6.59. The van der Waals surface area contributed by atoms with E-state index < -0.39 is 35.8 Å². The highest BCUT2D eigenvalue weighted by Crippen LogP contribution is 2.08. The smallest absolute Gasteiger partial charge is 0.243 e. The predicted octanol–water partition coefficient (Wildman–Crippen LogP) is -0.0263. The minimum atomic E-state index is -0.922. The molecule has 0 aromatic heterocycles. The molecule has 0 spiro atoms. The van der Waals surface area contributed by atoms with Gasteiger partial charge < -0.3 is 27.4 Å². The van der Waals surface area contributed by atoms with E-state index in [4.69, 9.17) is 11.5 Å². The fraction of sp³-hybridized carbons (Fsp3) is 0.545. The number of amides is 4. The summed E-state index contributed by atoms with van der Waals surface area (Å²) in [6.45, 7) is 5.54. The van der Waals surface area contributed by atoms with Gasteiger partial charge in [0.25, 0.3) is 0 Å². The van der Waals surface area contributed by atoms with E-state index in [0.717, 1.165) is 5.56 Å². The molecule has 7 N–H and O–H groups in total. The Morgan fingerprint density at radius 1 is 0.903 bits per heavy atom. The lowest BCUT2D eigenvalue weighted by molar-refractivity contribution is -0.133. The van der Waals surface area contributed by atoms with Gasteiger partial charge in [0.15, 0.2) is 0 Å². The highest BCUT2D eigenvalue weighted by molar-refractivity contribution is 5.93. The van der Waals surface area contributed by atoms with Crippen LogP contribution in [0.15, 0.2) is 30.3 Å². The molecule has 9 nitrogen and oxygen atoms in total. The van der Waals surface area contributed by atoms with Crippen molar-refractivity contribution in [2.24, 2.45) is 17.4 Å². The normalized spacial score (nSPS) is 13.7. The summed E-state index contributed by atoms with van der Waals surface area (Å²) in [5, 5.41) is 7.96. The fourth-order valence-electron chi connectivity index (χ4n) is 3.16. The number of rotatable bonds is 13. The monoisotopic (exact) mass is 433 g/mol. The van der Waals surface area contributed by atoms with E-state index in [9.17, 15) is 19.2 Å². The van der Waals surface area contributed by atoms with Crippen LogP contribution >= 0.6 is 0 Å². The second-order valence-corrected chi connectivity index (χ2v) is 8.03. The molecule has 0 aliphatic carbocycles. The van der Waals surface area contributed by atoms with E-state index in [2.05, 4.69) is 16.0 Å². The molecule has 0 saturated carbocycles. The molecular formula is C22H35N5O4. The number of nitrogens with one attached hydrogen (secondary N) is 3. The van der Waals surface area contributed by atoms with E-state index in [1.54, 1.807) is 0 Å². The third kappa shape index (κ3) is 10.1. The zero-order valence-electron chi connectivity index (χ0n) is 18.5. The van der Waals surface area contributed by atoms with Crippen molar-refractivity contribution in [3.63, 3.8) is 0 Å². The van der Waals surface area contributed by atoms with Crippen molar-refractivity contribution < 1.29 is 19.2 Å². The summed E-state index contributed by atoms with van der Waals surface area (Å²) in [7, 11) is 0. The number of primary amides is 1. The first-order valence-electron chi connectivity index (χ1n) is 10.5. The molecule has 1 aromatic rings. The molecule has 0 unspecified atom stereocenters. The lowest BCUT2D eigenvalue weighted by Crippen LogP contribution is -2.56. The maximum atomic E-state index is 12.9. The Kier molecular flexibility index (Phi) is 11.3. The number of nitrogens with two attached hydrogens (primary N) is 2. The Bertz CT molecular complexity index is 739. The highest BCUT2D eigenvalue weighted by Gasteiger charge is 2.28. The first kappa shape index (κ1) is 26.1. The lowest BCUT2D eigenvalue weighted by Gasteiger charge is -2.25. The summed E-state index contributed by atoms with van der Waals surface area (Å²) in [5.74, 6) is -1.83. The van der Waals surface area contributed by atoms with Crippen molar-refractivity contribution in [1.82, 2.24) is 16.0 Å². The second-order valence-electron chi connectivity index (χ2n) is 8.03. The SMILES string of the molecule is CC(=O)N[C@@H](CC(C)C)C(=O)N[C@@H](CCCN)C(=O)N[C@@H](Cc1ccccc1)C(N)=O. The number of carbonyl (C=O) groups excluding carboxylic acids is 4. The molecule has 0 radical (unpaired) electrons. The summed E-state index contributed by atoms with van der Waals surface area (Å²) in [4.78, 5) is 49.1. The van der Waals surface area contributed by atoms with Crippen LogP contribution < -0.4 is 27.4 Å². The summed E-state index contributed by atoms with van der Waals surface area (Å²) < 4.78 is 0. The molecule has 172 valence electrons. The predicted molar refractivity (Wildman–Crippen MR) is 119 cm³/mol. The molecular weight excluding hydrogens is 398 g/mol. The molecule has 1 aromatic carbocycles. The quantitative estimate of drug-likeness (QED) is 0.295. The second kappa shape index (κ2) is 13.4. The zero-order valence-corrected chi connectivity index (χ0v) is 18.5. The van der Waals surface area contributed by atoms with Crippen molar-refractivity contribution in [3.05, 3.63) is 35.9 Å². The molecule has 4 amide bonds. The van der Waals surface area contributed by atoms with Gasteiger partial charge in [-0.1, -0.05) is 44.2 Å². The molecule has 31 heavy (non-hydrogen) atoms. The van der Waals surface area contributed by atoms with Crippen LogP contribution in [0.25, 0.3) is 0 Å². The van der Waals surface area contributed by atoms with Crippen LogP contribution in [0.5, 0.6) is 0 Å². The van der Waals surface area contributed by atoms with E-state index in [1.807, 2.05) is 44.2 Å². The van der Waals surface area contributed by atoms with Crippen molar-refractivity contribution >= 4 is 23.6 Å². The van der Waals surface area contributed by atoms with Crippen molar-refractivity contribution in [2.75, 3.05) is 6.54 Å². The van der Waals surface area contributed by atoms with Crippen LogP contribution in [0, 0.1) is 5.92 Å². The summed E-state index contributed by atoms with van der Waals surface area (Å²) in [5.41, 5.74) is 11.9. The van der Waals surface area contributed by atoms with Gasteiger partial charge in [0.1, 0.15) is 18.1 Å². The van der Waals surface area contributed by atoms with Crippen LogP contribution in [-0.2, 0) is 25.6 Å². The molecule has 0 saturated heterocycles. The average molecular weight is 434 g/mol. The Morgan fingerprint density at radius 3 is 2.00 bits per heavy atom. The molecule has 0 bridgehead atoms. The van der Waals surface area contributed by atoms with Crippen LogP contribution in [-0.4, -0.2) is 48.3 Å². The maximum Gasteiger partial charge on any atom is 0.243 e. The third-order valence-electron chi connectivity index (χ3n) is 4.67. The lowest BCUT2D eigenvalue weighted by atomic mass is 10.0. The van der Waals surface area contributed by atoms with Gasteiger partial charge >= 0.3 is 0 Å². The van der Waals surface area contributed by atoms with E-state index in [-0.39, 0.29) is 18.2 Å². The third-order valence-corrected chi connectivity index (χ3v) is 4.67. The van der Waals surface area contributed by atoms with Crippen molar-refractivity contribution in [1.29, 1.82) is 0 Å². The minimum Gasteiger partial charge on any atom is -0.368 e. The van der Waals surface area contributed by atoms with Gasteiger partial charge in [-0.15, -0.1) is 0 Å². The van der Waals surface area contributed by atoms with Gasteiger partial charge in [-0.3, -0.25) is 19.2 Å². The highest BCUT2D eigenvalue weighted by atomic mass is 16.2. The zero-order chi connectivity index (χ0) is 23.4. The Morgan fingerprint density at radius 2 is 1.48 bits per heavy atom. The Hall–Kier alpha value is -2.94. The van der Waals surface area contributed by atoms with Gasteiger partial charge in [-0.25, -0.2) is 0 Å². The van der Waals surface area contributed by atoms with E-state index in [1.165, 1.54) is 6.92 Å². The number of benzene rings is 1. The molecule has 0 heterocycles. The van der Waals surface area contributed by atoms with Gasteiger partial charge in [0.2, 0.25) is 23.6 Å². The van der Waals surface area contributed by atoms with Crippen LogP contribution in [0.4, 0.5) is 0 Å². The molecule has 0 fully saturated rings. The van der Waals surface area contributed by atoms with Gasteiger partial charge in [-0.2, -0.15) is 0 Å². The van der Waals surface area contributed by atoms with Crippen molar-refractivity contribution in [3.8, 4) is 0 Å². The molecule has 9 heteroatoms. The first-order valence-corrected chi connectivity index (χ1v) is 10.5. The van der Waals surface area contributed by atoms with Gasteiger partial charge in [0, 0.05) is 13.3 Å². The summed E-state index contributed by atoms with van der Waals surface area (Å²) >= 11 is 0. The Labute approximate surface area is 183 Å². The van der Waals surface area contributed by atoms with Crippen molar-refractivity contribution in [2.45, 2.75) is 64.6 Å². The maximum absolute atomic E-state index is 12.9. The molecule has 3 atom stereocenters.